The number of fused-ring (bicyclic) bond motifs is 1. The Morgan fingerprint density at radius 3 is 2.56 bits per heavy atom. The maximum Gasteiger partial charge on any atom is 0.219 e. The van der Waals surface area contributed by atoms with Crippen molar-refractivity contribution >= 4 is 5.91 Å². The minimum absolute atomic E-state index is 0.0182. The highest BCUT2D eigenvalue weighted by molar-refractivity contribution is 5.73. The monoisotopic (exact) mass is 229 g/mol. The number of hydrogen-bond donors (Lipinski definition) is 1. The lowest BCUT2D eigenvalue weighted by molar-refractivity contribution is -0.140. The Labute approximate surface area is 95.3 Å². The zero-order valence-electron chi connectivity index (χ0n) is 9.92. The van der Waals surface area contributed by atoms with Gasteiger partial charge in [0.2, 0.25) is 5.91 Å². The molecule has 1 amide bonds. The topological polar surface area (TPSA) is 62.3 Å². The van der Waals surface area contributed by atoms with Gasteiger partial charge in [0.05, 0.1) is 18.8 Å². The molecule has 2 aliphatic heterocycles. The SMILES string of the molecule is CCN(C(C)=O)C1C(C)OC(CO)C2OC21. The van der Waals surface area contributed by atoms with Gasteiger partial charge in [0.25, 0.3) is 0 Å². The lowest BCUT2D eigenvalue weighted by atomic mass is 9.98. The van der Waals surface area contributed by atoms with E-state index in [4.69, 9.17) is 14.6 Å². The molecule has 0 aliphatic carbocycles. The van der Waals surface area contributed by atoms with Crippen LogP contribution in [0.2, 0.25) is 0 Å². The number of nitrogens with zero attached hydrogens (tertiary/aromatic N) is 1. The Kier molecular flexibility index (Phi) is 3.19. The molecular weight excluding hydrogens is 210 g/mol. The van der Waals surface area contributed by atoms with Crippen molar-refractivity contribution in [2.75, 3.05) is 13.2 Å². The van der Waals surface area contributed by atoms with Gasteiger partial charge in [-0.05, 0) is 13.8 Å². The number of aliphatic hydroxyl groups excluding tert-OH is 1. The predicted octanol–water partition coefficient (Wildman–Crippen LogP) is -0.230. The first-order chi connectivity index (χ1) is 7.60. The molecule has 0 aromatic rings. The van der Waals surface area contributed by atoms with Gasteiger partial charge < -0.3 is 19.5 Å². The van der Waals surface area contributed by atoms with Crippen LogP contribution in [0.15, 0.2) is 0 Å². The minimum atomic E-state index is -0.234. The van der Waals surface area contributed by atoms with Crippen molar-refractivity contribution in [2.24, 2.45) is 0 Å². The molecule has 16 heavy (non-hydrogen) atoms. The van der Waals surface area contributed by atoms with E-state index in [1.54, 1.807) is 11.8 Å². The molecule has 0 radical (unpaired) electrons. The number of carbonyl (C=O) groups excluding carboxylic acids is 1. The van der Waals surface area contributed by atoms with Crippen LogP contribution in [0.25, 0.3) is 0 Å². The van der Waals surface area contributed by atoms with Crippen LogP contribution >= 0.6 is 0 Å². The number of amides is 1. The lowest BCUT2D eigenvalue weighted by Crippen LogP contribution is -2.55. The third-order valence-corrected chi connectivity index (χ3v) is 3.42. The molecule has 0 spiro atoms. The summed E-state index contributed by atoms with van der Waals surface area (Å²) >= 11 is 0. The van der Waals surface area contributed by atoms with E-state index in [0.29, 0.717) is 6.54 Å². The van der Waals surface area contributed by atoms with Gasteiger partial charge in [-0.3, -0.25) is 4.79 Å². The molecule has 0 aromatic carbocycles. The lowest BCUT2D eigenvalue weighted by Gasteiger charge is -2.37. The summed E-state index contributed by atoms with van der Waals surface area (Å²) in [5.41, 5.74) is 0. The molecule has 2 heterocycles. The highest BCUT2D eigenvalue weighted by Crippen LogP contribution is 2.39. The molecule has 2 saturated heterocycles. The summed E-state index contributed by atoms with van der Waals surface area (Å²) in [6.45, 7) is 6.07. The zero-order valence-corrected chi connectivity index (χ0v) is 9.92. The fraction of sp³-hybridized carbons (Fsp3) is 0.909. The standard InChI is InChI=1S/C11H19NO4/c1-4-12(7(3)14)9-6(2)15-8(5-13)10-11(9)16-10/h6,8-11,13H,4-5H2,1-3H3. The fourth-order valence-electron chi connectivity index (χ4n) is 2.63. The summed E-state index contributed by atoms with van der Waals surface area (Å²) in [6, 6.07) is -0.0182. The van der Waals surface area contributed by atoms with Crippen molar-refractivity contribution < 1.29 is 19.4 Å². The van der Waals surface area contributed by atoms with E-state index in [1.807, 2.05) is 13.8 Å². The van der Waals surface area contributed by atoms with Gasteiger partial charge in [0.15, 0.2) is 0 Å². The van der Waals surface area contributed by atoms with E-state index in [-0.39, 0.29) is 43.0 Å². The molecule has 5 unspecified atom stereocenters. The maximum atomic E-state index is 11.5. The van der Waals surface area contributed by atoms with Gasteiger partial charge in [-0.2, -0.15) is 0 Å². The second kappa shape index (κ2) is 4.31. The van der Waals surface area contributed by atoms with Crippen LogP contribution in [-0.2, 0) is 14.3 Å². The summed E-state index contributed by atoms with van der Waals surface area (Å²) in [6.07, 6.45) is -0.337. The van der Waals surface area contributed by atoms with E-state index in [0.717, 1.165) is 0 Å². The van der Waals surface area contributed by atoms with Gasteiger partial charge in [0, 0.05) is 13.5 Å². The molecule has 2 fully saturated rings. The van der Waals surface area contributed by atoms with Crippen molar-refractivity contribution in [2.45, 2.75) is 51.2 Å². The second-order valence-electron chi connectivity index (χ2n) is 4.42. The number of ether oxygens (including phenoxy) is 2. The van der Waals surface area contributed by atoms with Crippen LogP contribution in [0, 0.1) is 0 Å². The van der Waals surface area contributed by atoms with E-state index < -0.39 is 0 Å². The first kappa shape index (κ1) is 11.8. The number of aliphatic hydroxyl groups is 1. The molecular formula is C11H19NO4. The third kappa shape index (κ3) is 1.83. The Balaban J connectivity index is 2.09. The summed E-state index contributed by atoms with van der Waals surface area (Å²) in [5.74, 6) is 0.0413. The summed E-state index contributed by atoms with van der Waals surface area (Å²) in [5, 5.41) is 9.11. The van der Waals surface area contributed by atoms with Gasteiger partial charge >= 0.3 is 0 Å². The van der Waals surface area contributed by atoms with Crippen LogP contribution < -0.4 is 0 Å². The Morgan fingerprint density at radius 1 is 1.38 bits per heavy atom. The number of rotatable bonds is 3. The first-order valence-electron chi connectivity index (χ1n) is 5.79. The van der Waals surface area contributed by atoms with Gasteiger partial charge in [-0.25, -0.2) is 0 Å². The van der Waals surface area contributed by atoms with Crippen molar-refractivity contribution in [3.63, 3.8) is 0 Å². The smallest absolute Gasteiger partial charge is 0.219 e. The Hall–Kier alpha value is -0.650. The molecule has 0 bridgehead atoms. The van der Waals surface area contributed by atoms with Crippen molar-refractivity contribution in [3.05, 3.63) is 0 Å². The molecule has 0 aromatic heterocycles. The Bertz CT molecular complexity index is 281. The van der Waals surface area contributed by atoms with Crippen LogP contribution in [0.5, 0.6) is 0 Å². The highest BCUT2D eigenvalue weighted by Gasteiger charge is 2.58. The van der Waals surface area contributed by atoms with Crippen LogP contribution in [0.3, 0.4) is 0 Å². The molecule has 0 saturated carbocycles. The third-order valence-electron chi connectivity index (χ3n) is 3.42. The predicted molar refractivity (Wildman–Crippen MR) is 56.9 cm³/mol. The summed E-state index contributed by atoms with van der Waals surface area (Å²) < 4.78 is 11.2. The molecule has 5 atom stereocenters. The first-order valence-corrected chi connectivity index (χ1v) is 5.79. The molecule has 5 heteroatoms. The highest BCUT2D eigenvalue weighted by atomic mass is 16.6. The number of hydrogen-bond acceptors (Lipinski definition) is 4. The van der Waals surface area contributed by atoms with Gasteiger partial charge in [-0.15, -0.1) is 0 Å². The van der Waals surface area contributed by atoms with E-state index in [2.05, 4.69) is 0 Å². The quantitative estimate of drug-likeness (QED) is 0.679. The molecule has 5 nitrogen and oxygen atoms in total. The van der Waals surface area contributed by atoms with Gasteiger partial charge in [0.1, 0.15) is 18.3 Å². The van der Waals surface area contributed by atoms with Gasteiger partial charge in [-0.1, -0.05) is 0 Å². The number of likely N-dealkylation sites (N-methyl/N-ethyl adjacent to an activating group) is 1. The Morgan fingerprint density at radius 2 is 2.06 bits per heavy atom. The number of carbonyl (C=O) groups is 1. The average molecular weight is 229 g/mol. The van der Waals surface area contributed by atoms with E-state index in [1.165, 1.54) is 0 Å². The second-order valence-corrected chi connectivity index (χ2v) is 4.42. The van der Waals surface area contributed by atoms with Crippen molar-refractivity contribution in [3.8, 4) is 0 Å². The van der Waals surface area contributed by atoms with E-state index >= 15 is 0 Å². The average Bonchev–Trinajstić information content (AvgIpc) is 3.00. The normalized spacial score (nSPS) is 41.4. The van der Waals surface area contributed by atoms with Crippen molar-refractivity contribution in [1.82, 2.24) is 4.90 Å². The summed E-state index contributed by atoms with van der Waals surface area (Å²) in [4.78, 5) is 13.3. The summed E-state index contributed by atoms with van der Waals surface area (Å²) in [7, 11) is 0. The number of epoxide rings is 1. The maximum absolute atomic E-state index is 11.5. The van der Waals surface area contributed by atoms with Crippen LogP contribution in [0.1, 0.15) is 20.8 Å². The minimum Gasteiger partial charge on any atom is -0.394 e. The molecule has 1 N–H and O–H groups in total. The molecule has 2 rings (SSSR count). The fourth-order valence-corrected chi connectivity index (χ4v) is 2.63. The zero-order chi connectivity index (χ0) is 11.9. The van der Waals surface area contributed by atoms with Crippen LogP contribution in [0.4, 0.5) is 0 Å². The van der Waals surface area contributed by atoms with Crippen molar-refractivity contribution in [1.29, 1.82) is 0 Å². The van der Waals surface area contributed by atoms with Crippen LogP contribution in [-0.4, -0.2) is 59.5 Å². The molecule has 92 valence electrons. The van der Waals surface area contributed by atoms with E-state index in [9.17, 15) is 4.79 Å². The molecule has 2 aliphatic rings. The largest absolute Gasteiger partial charge is 0.394 e.